The van der Waals surface area contributed by atoms with Crippen molar-refractivity contribution >= 4 is 0 Å². The van der Waals surface area contributed by atoms with Crippen molar-refractivity contribution in [1.29, 1.82) is 0 Å². The van der Waals surface area contributed by atoms with E-state index in [1.807, 2.05) is 42.5 Å². The fourth-order valence-corrected chi connectivity index (χ4v) is 1.64. The largest absolute Gasteiger partial charge is 0.491 e. The number of benzene rings is 2. The summed E-state index contributed by atoms with van der Waals surface area (Å²) < 4.78 is 11.0. The number of hydrogen-bond acceptors (Lipinski definition) is 4. The highest BCUT2D eigenvalue weighted by molar-refractivity contribution is 5.33. The van der Waals surface area contributed by atoms with Crippen LogP contribution in [0.5, 0.6) is 11.5 Å². The van der Waals surface area contributed by atoms with Crippen molar-refractivity contribution in [3.63, 3.8) is 0 Å². The Morgan fingerprint density at radius 3 is 2.30 bits per heavy atom. The van der Waals surface area contributed by atoms with Gasteiger partial charge in [0, 0.05) is 6.07 Å². The monoisotopic (exact) mass is 274 g/mol. The van der Waals surface area contributed by atoms with Crippen LogP contribution >= 0.6 is 0 Å². The second kappa shape index (κ2) is 7.53. The molecular weight excluding hydrogens is 256 g/mol. The van der Waals surface area contributed by atoms with Crippen LogP contribution in [-0.2, 0) is 6.61 Å². The molecule has 0 saturated carbocycles. The lowest BCUT2D eigenvalue weighted by Gasteiger charge is -2.11. The minimum absolute atomic E-state index is 0.0542. The van der Waals surface area contributed by atoms with Gasteiger partial charge in [0.15, 0.2) is 0 Å². The van der Waals surface area contributed by atoms with Crippen LogP contribution in [0.1, 0.15) is 5.56 Å². The number of ether oxygens (including phenoxy) is 2. The molecule has 0 amide bonds. The third-order valence-corrected chi connectivity index (χ3v) is 2.71. The Balaban J connectivity index is 1.89. The quantitative estimate of drug-likeness (QED) is 0.810. The van der Waals surface area contributed by atoms with Gasteiger partial charge >= 0.3 is 0 Å². The van der Waals surface area contributed by atoms with Gasteiger partial charge in [-0.1, -0.05) is 36.4 Å². The summed E-state index contributed by atoms with van der Waals surface area (Å²) in [5.41, 5.74) is 1.09. The van der Waals surface area contributed by atoms with Crippen LogP contribution in [0.2, 0.25) is 0 Å². The summed E-state index contributed by atoms with van der Waals surface area (Å²) >= 11 is 0. The first-order valence-corrected chi connectivity index (χ1v) is 6.46. The van der Waals surface area contributed by atoms with Crippen LogP contribution in [-0.4, -0.2) is 29.5 Å². The second-order valence-electron chi connectivity index (χ2n) is 4.40. The smallest absolute Gasteiger partial charge is 0.123 e. The Bertz CT molecular complexity index is 513. The fraction of sp³-hybridized carbons (Fsp3) is 0.250. The van der Waals surface area contributed by atoms with E-state index < -0.39 is 6.10 Å². The molecule has 0 aliphatic carbocycles. The number of aliphatic hydroxyl groups excluding tert-OH is 2. The SMILES string of the molecule is OC[C@H](O)COc1cccc(OCc2ccccc2)c1. The summed E-state index contributed by atoms with van der Waals surface area (Å²) in [5, 5.41) is 18.0. The van der Waals surface area contributed by atoms with Crippen LogP contribution in [0, 0.1) is 0 Å². The zero-order valence-corrected chi connectivity index (χ0v) is 11.1. The summed E-state index contributed by atoms with van der Waals surface area (Å²) in [6, 6.07) is 17.1. The molecule has 0 aromatic heterocycles. The number of aliphatic hydroxyl groups is 2. The van der Waals surface area contributed by atoms with Crippen LogP contribution < -0.4 is 9.47 Å². The molecule has 20 heavy (non-hydrogen) atoms. The van der Waals surface area contributed by atoms with E-state index in [-0.39, 0.29) is 13.2 Å². The van der Waals surface area contributed by atoms with Crippen molar-refractivity contribution < 1.29 is 19.7 Å². The number of rotatable bonds is 7. The molecule has 2 rings (SSSR count). The molecule has 0 heterocycles. The molecule has 0 radical (unpaired) electrons. The molecule has 1 atom stereocenters. The van der Waals surface area contributed by atoms with Gasteiger partial charge in [0.25, 0.3) is 0 Å². The van der Waals surface area contributed by atoms with Gasteiger partial charge in [-0.15, -0.1) is 0 Å². The topological polar surface area (TPSA) is 58.9 Å². The predicted octanol–water partition coefficient (Wildman–Crippen LogP) is 2.00. The maximum Gasteiger partial charge on any atom is 0.123 e. The summed E-state index contributed by atoms with van der Waals surface area (Å²) in [5.74, 6) is 1.30. The van der Waals surface area contributed by atoms with Crippen molar-refractivity contribution in [2.45, 2.75) is 12.7 Å². The van der Waals surface area contributed by atoms with Crippen molar-refractivity contribution in [3.05, 3.63) is 60.2 Å². The highest BCUT2D eigenvalue weighted by Crippen LogP contribution is 2.20. The zero-order chi connectivity index (χ0) is 14.2. The van der Waals surface area contributed by atoms with Crippen LogP contribution in [0.15, 0.2) is 54.6 Å². The normalized spacial score (nSPS) is 11.9. The van der Waals surface area contributed by atoms with Crippen molar-refractivity contribution in [3.8, 4) is 11.5 Å². The Morgan fingerprint density at radius 2 is 1.60 bits per heavy atom. The molecule has 0 fully saturated rings. The average molecular weight is 274 g/mol. The first kappa shape index (κ1) is 14.4. The molecule has 0 unspecified atom stereocenters. The van der Waals surface area contributed by atoms with Gasteiger partial charge in [-0.05, 0) is 17.7 Å². The molecule has 2 aromatic carbocycles. The van der Waals surface area contributed by atoms with Gasteiger partial charge in [-0.2, -0.15) is 0 Å². The minimum Gasteiger partial charge on any atom is -0.491 e. The molecule has 0 saturated heterocycles. The average Bonchev–Trinajstić information content (AvgIpc) is 2.52. The second-order valence-corrected chi connectivity index (χ2v) is 4.40. The highest BCUT2D eigenvalue weighted by Gasteiger charge is 2.04. The molecule has 0 aliphatic rings. The summed E-state index contributed by atoms with van der Waals surface area (Å²) in [6.07, 6.45) is -0.871. The van der Waals surface area contributed by atoms with Crippen LogP contribution in [0.4, 0.5) is 0 Å². The predicted molar refractivity (Wildman–Crippen MR) is 75.8 cm³/mol. The van der Waals surface area contributed by atoms with Crippen molar-refractivity contribution in [2.24, 2.45) is 0 Å². The van der Waals surface area contributed by atoms with Gasteiger partial charge in [-0.25, -0.2) is 0 Å². The molecule has 0 bridgehead atoms. The Morgan fingerprint density at radius 1 is 0.900 bits per heavy atom. The molecule has 0 aliphatic heterocycles. The van der Waals surface area contributed by atoms with Gasteiger partial charge in [0.2, 0.25) is 0 Å². The van der Waals surface area contributed by atoms with E-state index in [1.54, 1.807) is 12.1 Å². The van der Waals surface area contributed by atoms with E-state index in [0.717, 1.165) is 5.56 Å². The molecule has 106 valence electrons. The molecular formula is C16H18O4. The first-order valence-electron chi connectivity index (χ1n) is 6.46. The Kier molecular flexibility index (Phi) is 5.41. The maximum absolute atomic E-state index is 9.23. The molecule has 2 N–H and O–H groups in total. The first-order chi connectivity index (χ1) is 9.78. The summed E-state index contributed by atoms with van der Waals surface area (Å²) in [7, 11) is 0. The molecule has 0 spiro atoms. The lowest BCUT2D eigenvalue weighted by molar-refractivity contribution is 0.0535. The van der Waals surface area contributed by atoms with E-state index >= 15 is 0 Å². The van der Waals surface area contributed by atoms with E-state index in [2.05, 4.69) is 0 Å². The highest BCUT2D eigenvalue weighted by atomic mass is 16.5. The lowest BCUT2D eigenvalue weighted by atomic mass is 10.2. The Hall–Kier alpha value is -2.04. The van der Waals surface area contributed by atoms with Crippen molar-refractivity contribution in [2.75, 3.05) is 13.2 Å². The molecule has 4 nitrogen and oxygen atoms in total. The Labute approximate surface area is 118 Å². The van der Waals surface area contributed by atoms with E-state index in [4.69, 9.17) is 14.6 Å². The van der Waals surface area contributed by atoms with Gasteiger partial charge in [0.1, 0.15) is 30.8 Å². The van der Waals surface area contributed by atoms with E-state index in [1.165, 1.54) is 0 Å². The third kappa shape index (κ3) is 4.57. The van der Waals surface area contributed by atoms with Gasteiger partial charge < -0.3 is 19.7 Å². The van der Waals surface area contributed by atoms with Crippen LogP contribution in [0.25, 0.3) is 0 Å². The minimum atomic E-state index is -0.871. The van der Waals surface area contributed by atoms with Gasteiger partial charge in [-0.3, -0.25) is 0 Å². The van der Waals surface area contributed by atoms with Crippen LogP contribution in [0.3, 0.4) is 0 Å². The third-order valence-electron chi connectivity index (χ3n) is 2.71. The standard InChI is InChI=1S/C16H18O4/c17-10-14(18)12-20-16-8-4-7-15(9-16)19-11-13-5-2-1-3-6-13/h1-9,14,17-18H,10-12H2/t14-/m0/s1. The molecule has 4 heteroatoms. The maximum atomic E-state index is 9.23. The number of hydrogen-bond donors (Lipinski definition) is 2. The summed E-state index contributed by atoms with van der Waals surface area (Å²) in [6.45, 7) is 0.229. The summed E-state index contributed by atoms with van der Waals surface area (Å²) in [4.78, 5) is 0. The fourth-order valence-electron chi connectivity index (χ4n) is 1.64. The molecule has 2 aromatic rings. The van der Waals surface area contributed by atoms with Crippen molar-refractivity contribution in [1.82, 2.24) is 0 Å². The van der Waals surface area contributed by atoms with E-state index in [0.29, 0.717) is 18.1 Å². The van der Waals surface area contributed by atoms with Gasteiger partial charge in [0.05, 0.1) is 6.61 Å². The zero-order valence-electron chi connectivity index (χ0n) is 11.1. The van der Waals surface area contributed by atoms with E-state index in [9.17, 15) is 5.11 Å². The lowest BCUT2D eigenvalue weighted by Crippen LogP contribution is -2.21.